The van der Waals surface area contributed by atoms with Gasteiger partial charge in [-0.3, -0.25) is 4.79 Å². The van der Waals surface area contributed by atoms with Crippen molar-refractivity contribution in [2.75, 3.05) is 11.9 Å². The topological polar surface area (TPSA) is 103 Å². The molecule has 178 valence electrons. The summed E-state index contributed by atoms with van der Waals surface area (Å²) in [4.78, 5) is 24.6. The third-order valence-electron chi connectivity index (χ3n) is 8.02. The first-order valence-electron chi connectivity index (χ1n) is 11.8. The maximum atomic E-state index is 13.5. The van der Waals surface area contributed by atoms with E-state index >= 15 is 0 Å². The second-order valence-corrected chi connectivity index (χ2v) is 10.00. The lowest BCUT2D eigenvalue weighted by atomic mass is 9.53. The third-order valence-corrected chi connectivity index (χ3v) is 8.02. The van der Waals surface area contributed by atoms with E-state index < -0.39 is 0 Å². The van der Waals surface area contributed by atoms with Crippen LogP contribution in [0, 0.1) is 23.6 Å². The molecule has 0 aliphatic heterocycles. The zero-order valence-corrected chi connectivity index (χ0v) is 19.4. The van der Waals surface area contributed by atoms with E-state index in [1.807, 2.05) is 6.20 Å². The maximum absolute atomic E-state index is 13.5. The van der Waals surface area contributed by atoms with Gasteiger partial charge >= 0.3 is 0 Å². The number of fused-ring (bicyclic) bond motifs is 4. The van der Waals surface area contributed by atoms with Crippen molar-refractivity contribution in [2.45, 2.75) is 52.0 Å². The molecule has 7 nitrogen and oxygen atoms in total. The normalized spacial score (nSPS) is 23.7. The number of aryl methyl sites for hydroxylation is 1. The summed E-state index contributed by atoms with van der Waals surface area (Å²) in [6.45, 7) is 6.62. The van der Waals surface area contributed by atoms with Gasteiger partial charge in [0.15, 0.2) is 5.69 Å². The Kier molecular flexibility index (Phi) is 5.54. The van der Waals surface area contributed by atoms with Gasteiger partial charge < -0.3 is 20.7 Å². The van der Waals surface area contributed by atoms with E-state index in [1.165, 1.54) is 12.4 Å². The molecular weight excluding hydrogens is 433 g/mol. The van der Waals surface area contributed by atoms with Gasteiger partial charge in [0, 0.05) is 24.7 Å². The lowest BCUT2D eigenvalue weighted by Gasteiger charge is -2.53. The van der Waals surface area contributed by atoms with Gasteiger partial charge in [0.2, 0.25) is 0 Å². The van der Waals surface area contributed by atoms with Crippen LogP contribution in [0.15, 0.2) is 43.1 Å². The first-order chi connectivity index (χ1) is 16.3. The second kappa shape index (κ2) is 8.42. The van der Waals surface area contributed by atoms with E-state index in [4.69, 9.17) is 0 Å². The summed E-state index contributed by atoms with van der Waals surface area (Å²) in [7, 11) is 0. The minimum atomic E-state index is -0.318. The van der Waals surface area contributed by atoms with E-state index in [-0.39, 0.29) is 34.8 Å². The van der Waals surface area contributed by atoms with Crippen molar-refractivity contribution >= 4 is 22.6 Å². The fourth-order valence-electron chi connectivity index (χ4n) is 5.57. The number of carbonyl (C=O) groups is 1. The number of halogens is 1. The molecule has 34 heavy (non-hydrogen) atoms. The largest absolute Gasteiger partial charge is 0.512 e. The molecule has 0 atom stereocenters. The summed E-state index contributed by atoms with van der Waals surface area (Å²) < 4.78 is 13.5. The predicted molar refractivity (Wildman–Crippen MR) is 129 cm³/mol. The van der Waals surface area contributed by atoms with Gasteiger partial charge in [-0.2, -0.15) is 0 Å². The Hall–Kier alpha value is -3.42. The number of aliphatic hydroxyl groups is 1. The summed E-state index contributed by atoms with van der Waals surface area (Å²) >= 11 is 0. The van der Waals surface area contributed by atoms with Crippen molar-refractivity contribution in [1.82, 2.24) is 20.3 Å². The van der Waals surface area contributed by atoms with E-state index in [9.17, 15) is 14.3 Å². The minimum absolute atomic E-state index is 0.0787. The average Bonchev–Trinajstić information content (AvgIpc) is 3.28. The number of anilines is 1. The number of aromatic nitrogens is 3. The first kappa shape index (κ1) is 22.4. The van der Waals surface area contributed by atoms with Crippen LogP contribution in [0.3, 0.4) is 0 Å². The smallest absolute Gasteiger partial charge is 0.272 e. The number of hydrogen-bond donors (Lipinski definition) is 4. The number of hydrogen-bond acceptors (Lipinski definition) is 5. The number of aromatic amines is 1. The molecule has 0 radical (unpaired) electrons. The molecule has 3 saturated carbocycles. The van der Waals surface area contributed by atoms with Gasteiger partial charge in [-0.25, -0.2) is 14.4 Å². The molecule has 8 heteroatoms. The predicted octanol–water partition coefficient (Wildman–Crippen LogP) is 5.16. The fraction of sp³-hybridized carbons (Fsp3) is 0.423. The molecule has 1 amide bonds. The number of aliphatic hydroxyl groups excluding tert-OH is 1. The van der Waals surface area contributed by atoms with Crippen LogP contribution >= 0.6 is 0 Å². The zero-order valence-electron chi connectivity index (χ0n) is 19.4. The molecule has 2 heterocycles. The molecule has 2 aromatic heterocycles. The number of carbonyl (C=O) groups excluding carboxylic acids is 1. The Morgan fingerprint density at radius 3 is 2.62 bits per heavy atom. The van der Waals surface area contributed by atoms with Crippen molar-refractivity contribution < 1.29 is 14.3 Å². The van der Waals surface area contributed by atoms with Crippen LogP contribution in [-0.4, -0.2) is 32.5 Å². The van der Waals surface area contributed by atoms with Crippen LogP contribution < -0.4 is 10.6 Å². The minimum Gasteiger partial charge on any atom is -0.512 e. The molecule has 4 N–H and O–H groups in total. The molecule has 1 aromatic carbocycles. The van der Waals surface area contributed by atoms with Crippen LogP contribution in [0.2, 0.25) is 0 Å². The summed E-state index contributed by atoms with van der Waals surface area (Å²) in [5, 5.41) is 16.5. The Balaban J connectivity index is 1.27. The monoisotopic (exact) mass is 463 g/mol. The van der Waals surface area contributed by atoms with E-state index in [0.29, 0.717) is 22.4 Å². The summed E-state index contributed by atoms with van der Waals surface area (Å²) in [6.07, 6.45) is 9.38. The Morgan fingerprint density at radius 2 is 1.94 bits per heavy atom. The van der Waals surface area contributed by atoms with Crippen LogP contribution in [-0.2, 0) is 6.54 Å². The summed E-state index contributed by atoms with van der Waals surface area (Å²) in [6, 6.07) is 4.78. The van der Waals surface area contributed by atoms with Gasteiger partial charge in [-0.05, 0) is 68.1 Å². The van der Waals surface area contributed by atoms with Gasteiger partial charge in [0.1, 0.15) is 17.7 Å². The van der Waals surface area contributed by atoms with Crippen LogP contribution in [0.4, 0.5) is 10.1 Å². The quantitative estimate of drug-likeness (QED) is 0.363. The molecule has 3 aliphatic carbocycles. The van der Waals surface area contributed by atoms with Gasteiger partial charge in [-0.15, -0.1) is 0 Å². The average molecular weight is 464 g/mol. The molecule has 0 spiro atoms. The highest BCUT2D eigenvalue weighted by atomic mass is 19.1. The number of nitrogens with zero attached hydrogens (tertiary/aromatic N) is 2. The van der Waals surface area contributed by atoms with Gasteiger partial charge in [0.25, 0.3) is 5.91 Å². The Bertz CT molecular complexity index is 1240. The number of allylic oxidation sites excluding steroid dienone is 1. The lowest BCUT2D eigenvalue weighted by molar-refractivity contribution is -0.000292. The van der Waals surface area contributed by atoms with Crippen molar-refractivity contribution in [3.8, 4) is 0 Å². The standard InChI is InChI=1S/C26H30FN5O2/c1-16-11-18(3-4-19(16)27)12-29-24(34)23-22-21(31-15-32-23)20(13-28-22)30-14-25-5-8-26(9-6-25,10-7-25)17(2)33/h3-4,11,13,15,28,30,33H,2,5-10,12,14H2,1H3,(H,29,34). The van der Waals surface area contributed by atoms with Gasteiger partial charge in [0.05, 0.1) is 17.0 Å². The summed E-state index contributed by atoms with van der Waals surface area (Å²) in [5.41, 5.74) is 3.88. The van der Waals surface area contributed by atoms with Crippen molar-refractivity contribution in [3.05, 3.63) is 65.7 Å². The van der Waals surface area contributed by atoms with Crippen molar-refractivity contribution in [2.24, 2.45) is 10.8 Å². The number of benzene rings is 1. The fourth-order valence-corrected chi connectivity index (χ4v) is 5.57. The highest BCUT2D eigenvalue weighted by Crippen LogP contribution is 2.59. The van der Waals surface area contributed by atoms with Crippen molar-refractivity contribution in [1.29, 1.82) is 0 Å². The highest BCUT2D eigenvalue weighted by Gasteiger charge is 2.50. The lowest BCUT2D eigenvalue weighted by Crippen LogP contribution is -2.45. The van der Waals surface area contributed by atoms with Crippen LogP contribution in [0.25, 0.3) is 11.0 Å². The molecule has 3 aliphatic rings. The first-order valence-corrected chi connectivity index (χ1v) is 11.8. The number of nitrogens with one attached hydrogen (secondary N) is 3. The van der Waals surface area contributed by atoms with Gasteiger partial charge in [-0.1, -0.05) is 18.7 Å². The Labute approximate surface area is 197 Å². The molecule has 3 aromatic rings. The van der Waals surface area contributed by atoms with E-state index in [1.54, 1.807) is 19.1 Å². The van der Waals surface area contributed by atoms with E-state index in [0.717, 1.165) is 56.3 Å². The maximum Gasteiger partial charge on any atom is 0.272 e. The molecule has 2 bridgehead atoms. The summed E-state index contributed by atoms with van der Waals surface area (Å²) in [5.74, 6) is -0.234. The van der Waals surface area contributed by atoms with Crippen LogP contribution in [0.5, 0.6) is 0 Å². The van der Waals surface area contributed by atoms with E-state index in [2.05, 4.69) is 32.2 Å². The zero-order chi connectivity index (χ0) is 23.9. The van der Waals surface area contributed by atoms with Crippen molar-refractivity contribution in [3.63, 3.8) is 0 Å². The SMILES string of the molecule is C=C(O)C12CCC(CNc3c[nH]c4c(C(=O)NCc5ccc(F)c(C)c5)ncnc34)(CC1)CC2. The molecule has 0 saturated heterocycles. The number of H-pyrrole nitrogens is 1. The number of rotatable bonds is 7. The highest BCUT2D eigenvalue weighted by molar-refractivity contribution is 6.05. The molecule has 3 fully saturated rings. The van der Waals surface area contributed by atoms with Crippen LogP contribution in [0.1, 0.15) is 60.1 Å². The molecule has 6 rings (SSSR count). The second-order valence-electron chi connectivity index (χ2n) is 10.00. The number of amides is 1. The molecular formula is C26H30FN5O2. The molecule has 0 unspecified atom stereocenters. The third kappa shape index (κ3) is 3.91. The Morgan fingerprint density at radius 1 is 1.21 bits per heavy atom.